The summed E-state index contributed by atoms with van der Waals surface area (Å²) in [6.45, 7) is 3.30. The van der Waals surface area contributed by atoms with Gasteiger partial charge in [-0.15, -0.1) is 0 Å². The third-order valence-corrected chi connectivity index (χ3v) is 2.13. The molecule has 0 bridgehead atoms. The molecule has 6 nitrogen and oxygen atoms in total. The Morgan fingerprint density at radius 1 is 1.35 bits per heavy atom. The molecule has 0 saturated heterocycles. The number of nitrogens with two attached hydrogens (primary N) is 1. The van der Waals surface area contributed by atoms with E-state index in [4.69, 9.17) is 5.84 Å². The van der Waals surface area contributed by atoms with Crippen LogP contribution < -0.4 is 21.9 Å². The fourth-order valence-corrected chi connectivity index (χ4v) is 1.27. The zero-order valence-corrected chi connectivity index (χ0v) is 9.99. The van der Waals surface area contributed by atoms with E-state index >= 15 is 0 Å². The van der Waals surface area contributed by atoms with E-state index in [1.807, 2.05) is 19.1 Å². The van der Waals surface area contributed by atoms with E-state index < -0.39 is 0 Å². The zero-order valence-electron chi connectivity index (χ0n) is 9.99. The number of nitrogens with one attached hydrogen (secondary N) is 3. The fraction of sp³-hybridized carbons (Fsp3) is 0.455. The first-order valence-corrected chi connectivity index (χ1v) is 5.70. The molecule has 6 heteroatoms. The lowest BCUT2D eigenvalue weighted by Gasteiger charge is -2.07. The van der Waals surface area contributed by atoms with Crippen LogP contribution in [0.15, 0.2) is 18.2 Å². The van der Waals surface area contributed by atoms with Crippen LogP contribution in [0.4, 0.5) is 11.6 Å². The van der Waals surface area contributed by atoms with Crippen LogP contribution in [0.2, 0.25) is 0 Å². The molecule has 1 aromatic heterocycles. The summed E-state index contributed by atoms with van der Waals surface area (Å²) in [7, 11) is 0. The number of anilines is 2. The number of hydrogen-bond acceptors (Lipinski definition) is 5. The average molecular weight is 237 g/mol. The summed E-state index contributed by atoms with van der Waals surface area (Å²) in [5, 5.41) is 5.87. The molecule has 17 heavy (non-hydrogen) atoms. The number of nitrogens with zero attached hydrogens (tertiary/aromatic N) is 1. The largest absolute Gasteiger partial charge is 0.369 e. The number of carbonyl (C=O) groups is 1. The second-order valence-corrected chi connectivity index (χ2v) is 3.58. The minimum absolute atomic E-state index is 0.0486. The van der Waals surface area contributed by atoms with Crippen LogP contribution in [-0.2, 0) is 4.79 Å². The van der Waals surface area contributed by atoms with E-state index in [-0.39, 0.29) is 5.91 Å². The molecule has 0 radical (unpaired) electrons. The number of hydrogen-bond donors (Lipinski definition) is 4. The van der Waals surface area contributed by atoms with Crippen molar-refractivity contribution in [3.8, 4) is 0 Å². The van der Waals surface area contributed by atoms with Crippen LogP contribution in [0.1, 0.15) is 19.8 Å². The molecule has 0 saturated carbocycles. The van der Waals surface area contributed by atoms with Crippen molar-refractivity contribution in [2.75, 3.05) is 23.8 Å². The zero-order chi connectivity index (χ0) is 12.5. The van der Waals surface area contributed by atoms with Crippen molar-refractivity contribution in [2.45, 2.75) is 19.8 Å². The van der Waals surface area contributed by atoms with Gasteiger partial charge in [-0.2, -0.15) is 0 Å². The number of hydrazine groups is 1. The number of rotatable bonds is 7. The van der Waals surface area contributed by atoms with Gasteiger partial charge in [0.05, 0.1) is 0 Å². The molecule has 1 aromatic rings. The van der Waals surface area contributed by atoms with Crippen molar-refractivity contribution in [3.63, 3.8) is 0 Å². The van der Waals surface area contributed by atoms with Crippen LogP contribution in [0.25, 0.3) is 0 Å². The molecule has 1 amide bonds. The van der Waals surface area contributed by atoms with Gasteiger partial charge in [0, 0.05) is 19.5 Å². The molecular formula is C11H19N5O. The Balaban J connectivity index is 2.28. The molecular weight excluding hydrogens is 218 g/mol. The standard InChI is InChI=1S/C11H19N5O/c1-2-7-14-11(17)6-8-13-9-4-3-5-10(15-9)16-12/h3-5H,2,6-8,12H2,1H3,(H,14,17)(H2,13,15,16). The van der Waals surface area contributed by atoms with E-state index in [1.165, 1.54) is 0 Å². The van der Waals surface area contributed by atoms with E-state index in [0.717, 1.165) is 13.0 Å². The molecule has 5 N–H and O–H groups in total. The Kier molecular flexibility index (Phi) is 5.81. The van der Waals surface area contributed by atoms with Gasteiger partial charge < -0.3 is 16.1 Å². The Morgan fingerprint density at radius 3 is 2.82 bits per heavy atom. The lowest BCUT2D eigenvalue weighted by atomic mass is 10.3. The van der Waals surface area contributed by atoms with Gasteiger partial charge in [-0.3, -0.25) is 4.79 Å². The Morgan fingerprint density at radius 2 is 2.12 bits per heavy atom. The normalized spacial score (nSPS) is 9.76. The van der Waals surface area contributed by atoms with Crippen LogP contribution >= 0.6 is 0 Å². The van der Waals surface area contributed by atoms with Crippen molar-refractivity contribution in [1.82, 2.24) is 10.3 Å². The summed E-state index contributed by atoms with van der Waals surface area (Å²) in [5.41, 5.74) is 2.46. The number of aromatic nitrogens is 1. The van der Waals surface area contributed by atoms with Crippen molar-refractivity contribution in [2.24, 2.45) is 5.84 Å². The quantitative estimate of drug-likeness (QED) is 0.414. The van der Waals surface area contributed by atoms with Crippen LogP contribution in [0.5, 0.6) is 0 Å². The van der Waals surface area contributed by atoms with Crippen LogP contribution in [0.3, 0.4) is 0 Å². The maximum atomic E-state index is 11.3. The molecule has 0 aromatic carbocycles. The Hall–Kier alpha value is -1.82. The topological polar surface area (TPSA) is 92.1 Å². The predicted molar refractivity (Wildman–Crippen MR) is 68.5 cm³/mol. The Bertz CT molecular complexity index is 355. The van der Waals surface area contributed by atoms with E-state index in [2.05, 4.69) is 21.0 Å². The molecule has 0 atom stereocenters. The molecule has 0 aliphatic rings. The molecule has 0 aliphatic carbocycles. The van der Waals surface area contributed by atoms with Gasteiger partial charge in [0.15, 0.2) is 0 Å². The first kappa shape index (κ1) is 13.2. The second kappa shape index (κ2) is 7.45. The number of nitrogen functional groups attached to an aromatic ring is 1. The lowest BCUT2D eigenvalue weighted by molar-refractivity contribution is -0.120. The lowest BCUT2D eigenvalue weighted by Crippen LogP contribution is -2.26. The maximum Gasteiger partial charge on any atom is 0.221 e. The highest BCUT2D eigenvalue weighted by atomic mass is 16.1. The van der Waals surface area contributed by atoms with Gasteiger partial charge >= 0.3 is 0 Å². The van der Waals surface area contributed by atoms with Crippen molar-refractivity contribution < 1.29 is 4.79 Å². The molecule has 0 aliphatic heterocycles. The van der Waals surface area contributed by atoms with Gasteiger partial charge in [-0.05, 0) is 18.6 Å². The highest BCUT2D eigenvalue weighted by molar-refractivity contribution is 5.76. The molecule has 1 heterocycles. The third kappa shape index (κ3) is 5.17. The SMILES string of the molecule is CCCNC(=O)CCNc1cccc(NN)n1. The summed E-state index contributed by atoms with van der Waals surface area (Å²) < 4.78 is 0. The Labute approximate surface area is 101 Å². The van der Waals surface area contributed by atoms with Crippen molar-refractivity contribution in [1.29, 1.82) is 0 Å². The van der Waals surface area contributed by atoms with Crippen LogP contribution in [0, 0.1) is 0 Å². The average Bonchev–Trinajstić information content (AvgIpc) is 2.36. The van der Waals surface area contributed by atoms with E-state index in [0.29, 0.717) is 24.6 Å². The molecule has 0 spiro atoms. The highest BCUT2D eigenvalue weighted by Crippen LogP contribution is 2.07. The third-order valence-electron chi connectivity index (χ3n) is 2.13. The summed E-state index contributed by atoms with van der Waals surface area (Å²) in [6.07, 6.45) is 1.38. The first-order valence-electron chi connectivity index (χ1n) is 5.70. The minimum atomic E-state index is 0.0486. The molecule has 94 valence electrons. The minimum Gasteiger partial charge on any atom is -0.369 e. The van der Waals surface area contributed by atoms with Crippen molar-refractivity contribution in [3.05, 3.63) is 18.2 Å². The number of pyridine rings is 1. The van der Waals surface area contributed by atoms with Crippen molar-refractivity contribution >= 4 is 17.5 Å². The summed E-state index contributed by atoms with van der Waals surface area (Å²) in [6, 6.07) is 5.42. The monoisotopic (exact) mass is 237 g/mol. The summed E-state index contributed by atoms with van der Waals surface area (Å²) in [4.78, 5) is 15.5. The number of amides is 1. The molecule has 1 rings (SSSR count). The van der Waals surface area contributed by atoms with Gasteiger partial charge in [-0.25, -0.2) is 10.8 Å². The first-order chi connectivity index (χ1) is 8.26. The maximum absolute atomic E-state index is 11.3. The van der Waals surface area contributed by atoms with Gasteiger partial charge in [0.25, 0.3) is 0 Å². The fourth-order valence-electron chi connectivity index (χ4n) is 1.27. The summed E-state index contributed by atoms with van der Waals surface area (Å²) in [5.74, 6) is 6.58. The molecule has 0 fully saturated rings. The van der Waals surface area contributed by atoms with Gasteiger partial charge in [0.1, 0.15) is 11.6 Å². The smallest absolute Gasteiger partial charge is 0.221 e. The van der Waals surface area contributed by atoms with Gasteiger partial charge in [0.2, 0.25) is 5.91 Å². The van der Waals surface area contributed by atoms with E-state index in [9.17, 15) is 4.79 Å². The predicted octanol–water partition coefficient (Wildman–Crippen LogP) is 0.695. The number of carbonyl (C=O) groups excluding carboxylic acids is 1. The highest BCUT2D eigenvalue weighted by Gasteiger charge is 2.00. The van der Waals surface area contributed by atoms with Crippen LogP contribution in [-0.4, -0.2) is 24.0 Å². The second-order valence-electron chi connectivity index (χ2n) is 3.58. The van der Waals surface area contributed by atoms with E-state index in [1.54, 1.807) is 6.07 Å². The summed E-state index contributed by atoms with van der Waals surface area (Å²) >= 11 is 0. The molecule has 0 unspecified atom stereocenters. The van der Waals surface area contributed by atoms with Gasteiger partial charge in [-0.1, -0.05) is 13.0 Å².